The van der Waals surface area contributed by atoms with Crippen molar-refractivity contribution in [1.82, 2.24) is 10.2 Å². The quantitative estimate of drug-likeness (QED) is 0.923. The molecule has 0 radical (unpaired) electrons. The van der Waals surface area contributed by atoms with Crippen molar-refractivity contribution in [1.29, 1.82) is 0 Å². The minimum atomic E-state index is -0.343. The second-order valence-corrected chi connectivity index (χ2v) is 3.81. The van der Waals surface area contributed by atoms with E-state index in [2.05, 4.69) is 15.5 Å². The van der Waals surface area contributed by atoms with Gasteiger partial charge in [-0.15, -0.1) is 10.2 Å². The summed E-state index contributed by atoms with van der Waals surface area (Å²) in [5.41, 5.74) is 0.854. The van der Waals surface area contributed by atoms with Crippen LogP contribution in [0.25, 0.3) is 0 Å². The Morgan fingerprint density at radius 3 is 2.44 bits per heavy atom. The van der Waals surface area contributed by atoms with Crippen molar-refractivity contribution in [2.45, 2.75) is 0 Å². The summed E-state index contributed by atoms with van der Waals surface area (Å²) in [5, 5.41) is 10.2. The molecule has 92 valence electrons. The third kappa shape index (κ3) is 2.95. The maximum absolute atomic E-state index is 11.8. The molecule has 0 atom stereocenters. The zero-order valence-electron chi connectivity index (χ0n) is 9.55. The highest BCUT2D eigenvalue weighted by molar-refractivity contribution is 6.29. The molecule has 1 heterocycles. The van der Waals surface area contributed by atoms with Crippen LogP contribution in [-0.2, 0) is 0 Å². The first-order chi connectivity index (χ1) is 8.69. The molecule has 18 heavy (non-hydrogen) atoms. The number of hydrogen-bond acceptors (Lipinski definition) is 4. The van der Waals surface area contributed by atoms with E-state index in [0.29, 0.717) is 5.69 Å². The number of ether oxygens (including phenoxy) is 1. The Morgan fingerprint density at radius 2 is 1.89 bits per heavy atom. The van der Waals surface area contributed by atoms with Gasteiger partial charge in [0.15, 0.2) is 10.8 Å². The molecule has 1 N–H and O–H groups in total. The second-order valence-electron chi connectivity index (χ2n) is 3.42. The maximum Gasteiger partial charge on any atom is 0.276 e. The highest BCUT2D eigenvalue weighted by Crippen LogP contribution is 2.15. The SMILES string of the molecule is COc1ccc(NC(=O)c2ccc(Cl)nn2)cc1. The van der Waals surface area contributed by atoms with Crippen molar-refractivity contribution in [3.05, 3.63) is 47.2 Å². The minimum Gasteiger partial charge on any atom is -0.497 e. The number of halogens is 1. The topological polar surface area (TPSA) is 64.1 Å². The van der Waals surface area contributed by atoms with Gasteiger partial charge < -0.3 is 10.1 Å². The molecule has 0 aliphatic rings. The molecule has 6 heteroatoms. The molecular weight excluding hydrogens is 254 g/mol. The van der Waals surface area contributed by atoms with Gasteiger partial charge in [-0.3, -0.25) is 4.79 Å². The van der Waals surface area contributed by atoms with Crippen molar-refractivity contribution in [2.24, 2.45) is 0 Å². The largest absolute Gasteiger partial charge is 0.497 e. The fourth-order valence-corrected chi connectivity index (χ4v) is 1.41. The van der Waals surface area contributed by atoms with Crippen LogP contribution in [0, 0.1) is 0 Å². The molecule has 0 spiro atoms. The molecule has 0 aliphatic heterocycles. The van der Waals surface area contributed by atoms with Crippen molar-refractivity contribution in [3.63, 3.8) is 0 Å². The lowest BCUT2D eigenvalue weighted by molar-refractivity contribution is 0.102. The molecule has 1 amide bonds. The summed E-state index contributed by atoms with van der Waals surface area (Å²) in [6.07, 6.45) is 0. The maximum atomic E-state index is 11.8. The number of rotatable bonds is 3. The van der Waals surface area contributed by atoms with Crippen LogP contribution in [0.5, 0.6) is 5.75 Å². The molecule has 2 rings (SSSR count). The second kappa shape index (κ2) is 5.46. The molecule has 0 saturated carbocycles. The zero-order chi connectivity index (χ0) is 13.0. The van der Waals surface area contributed by atoms with Gasteiger partial charge in [0.25, 0.3) is 5.91 Å². The number of hydrogen-bond donors (Lipinski definition) is 1. The van der Waals surface area contributed by atoms with E-state index in [-0.39, 0.29) is 16.8 Å². The van der Waals surface area contributed by atoms with E-state index >= 15 is 0 Å². The molecule has 5 nitrogen and oxygen atoms in total. The Balaban J connectivity index is 2.08. The number of nitrogens with one attached hydrogen (secondary N) is 1. The molecule has 0 fully saturated rings. The summed E-state index contributed by atoms with van der Waals surface area (Å²) in [6, 6.07) is 10.00. The monoisotopic (exact) mass is 263 g/mol. The summed E-state index contributed by atoms with van der Waals surface area (Å²) in [4.78, 5) is 11.8. The third-order valence-corrected chi connectivity index (χ3v) is 2.41. The van der Waals surface area contributed by atoms with Crippen LogP contribution in [0.15, 0.2) is 36.4 Å². The predicted molar refractivity (Wildman–Crippen MR) is 68.0 cm³/mol. The molecule has 0 saturated heterocycles. The predicted octanol–water partition coefficient (Wildman–Crippen LogP) is 2.39. The Kier molecular flexibility index (Phi) is 3.74. The number of amides is 1. The Bertz CT molecular complexity index is 540. The lowest BCUT2D eigenvalue weighted by Gasteiger charge is -2.05. The lowest BCUT2D eigenvalue weighted by atomic mass is 10.3. The van der Waals surface area contributed by atoms with Gasteiger partial charge in [-0.2, -0.15) is 0 Å². The average molecular weight is 264 g/mol. The van der Waals surface area contributed by atoms with Crippen LogP contribution < -0.4 is 10.1 Å². The number of aromatic nitrogens is 2. The van der Waals surface area contributed by atoms with Gasteiger partial charge in [-0.05, 0) is 36.4 Å². The number of carbonyl (C=O) groups is 1. The number of methoxy groups -OCH3 is 1. The van der Waals surface area contributed by atoms with Crippen molar-refractivity contribution >= 4 is 23.2 Å². The average Bonchev–Trinajstić information content (AvgIpc) is 2.40. The van der Waals surface area contributed by atoms with E-state index in [9.17, 15) is 4.79 Å². The van der Waals surface area contributed by atoms with Crippen LogP contribution >= 0.6 is 11.6 Å². The van der Waals surface area contributed by atoms with Crippen LogP contribution in [-0.4, -0.2) is 23.2 Å². The Hall–Kier alpha value is -2.14. The van der Waals surface area contributed by atoms with Gasteiger partial charge in [0.1, 0.15) is 5.75 Å². The summed E-state index contributed by atoms with van der Waals surface area (Å²) < 4.78 is 5.02. The summed E-state index contributed by atoms with van der Waals surface area (Å²) in [7, 11) is 1.58. The van der Waals surface area contributed by atoms with E-state index in [1.165, 1.54) is 12.1 Å². The molecule has 2 aromatic rings. The van der Waals surface area contributed by atoms with Gasteiger partial charge >= 0.3 is 0 Å². The summed E-state index contributed by atoms with van der Waals surface area (Å²) >= 11 is 5.59. The van der Waals surface area contributed by atoms with Gasteiger partial charge in [0.2, 0.25) is 0 Å². The van der Waals surface area contributed by atoms with Crippen LogP contribution in [0.2, 0.25) is 5.15 Å². The van der Waals surface area contributed by atoms with E-state index in [1.807, 2.05) is 0 Å². The molecule has 1 aromatic carbocycles. The number of carbonyl (C=O) groups excluding carboxylic acids is 1. The number of benzene rings is 1. The van der Waals surface area contributed by atoms with Crippen LogP contribution in [0.4, 0.5) is 5.69 Å². The molecular formula is C12H10ClN3O2. The fraction of sp³-hybridized carbons (Fsp3) is 0.0833. The number of nitrogens with zero attached hydrogens (tertiary/aromatic N) is 2. The molecule has 1 aromatic heterocycles. The van der Waals surface area contributed by atoms with Crippen LogP contribution in [0.1, 0.15) is 10.5 Å². The van der Waals surface area contributed by atoms with Crippen molar-refractivity contribution < 1.29 is 9.53 Å². The van der Waals surface area contributed by atoms with Crippen LogP contribution in [0.3, 0.4) is 0 Å². The normalized spacial score (nSPS) is 9.89. The molecule has 0 unspecified atom stereocenters. The zero-order valence-corrected chi connectivity index (χ0v) is 10.3. The lowest BCUT2D eigenvalue weighted by Crippen LogP contribution is -2.14. The molecule has 0 bridgehead atoms. The first kappa shape index (κ1) is 12.3. The van der Waals surface area contributed by atoms with Gasteiger partial charge in [0.05, 0.1) is 7.11 Å². The highest BCUT2D eigenvalue weighted by atomic mass is 35.5. The first-order valence-corrected chi connectivity index (χ1v) is 5.51. The smallest absolute Gasteiger partial charge is 0.276 e. The van der Waals surface area contributed by atoms with Crippen molar-refractivity contribution in [3.8, 4) is 5.75 Å². The van der Waals surface area contributed by atoms with E-state index in [4.69, 9.17) is 16.3 Å². The molecule has 0 aliphatic carbocycles. The van der Waals surface area contributed by atoms with Gasteiger partial charge in [-0.1, -0.05) is 11.6 Å². The van der Waals surface area contributed by atoms with Gasteiger partial charge in [-0.25, -0.2) is 0 Å². The number of anilines is 1. The highest BCUT2D eigenvalue weighted by Gasteiger charge is 2.08. The fourth-order valence-electron chi connectivity index (χ4n) is 1.31. The summed E-state index contributed by atoms with van der Waals surface area (Å²) in [6.45, 7) is 0. The van der Waals surface area contributed by atoms with E-state index in [0.717, 1.165) is 5.75 Å². The Labute approximate surface area is 109 Å². The summed E-state index contributed by atoms with van der Waals surface area (Å²) in [5.74, 6) is 0.378. The Morgan fingerprint density at radius 1 is 1.17 bits per heavy atom. The van der Waals surface area contributed by atoms with Gasteiger partial charge in [0, 0.05) is 5.69 Å². The van der Waals surface area contributed by atoms with E-state index < -0.39 is 0 Å². The standard InChI is InChI=1S/C12H10ClN3O2/c1-18-9-4-2-8(3-5-9)14-12(17)10-6-7-11(13)16-15-10/h2-7H,1H3,(H,14,17). The third-order valence-electron chi connectivity index (χ3n) is 2.21. The minimum absolute atomic E-state index is 0.204. The van der Waals surface area contributed by atoms with E-state index in [1.54, 1.807) is 31.4 Å². The van der Waals surface area contributed by atoms with Crippen molar-refractivity contribution in [2.75, 3.05) is 12.4 Å². The first-order valence-electron chi connectivity index (χ1n) is 5.13.